The van der Waals surface area contributed by atoms with Crippen LogP contribution in [0.3, 0.4) is 0 Å². The van der Waals surface area contributed by atoms with Gasteiger partial charge in [-0.15, -0.1) is 0 Å². The quantitative estimate of drug-likeness (QED) is 0.562. The number of hydrogen-bond donors (Lipinski definition) is 0. The van der Waals surface area contributed by atoms with Crippen molar-refractivity contribution < 1.29 is 4.79 Å². The highest BCUT2D eigenvalue weighted by Gasteiger charge is 2.20. The summed E-state index contributed by atoms with van der Waals surface area (Å²) in [5.41, 5.74) is 4.58. The van der Waals surface area contributed by atoms with E-state index in [0.29, 0.717) is 5.69 Å². The minimum absolute atomic E-state index is 0.0496. The fourth-order valence-electron chi connectivity index (χ4n) is 3.18. The van der Waals surface area contributed by atoms with Crippen molar-refractivity contribution in [1.29, 1.82) is 0 Å². The van der Waals surface area contributed by atoms with E-state index in [2.05, 4.69) is 5.10 Å². The van der Waals surface area contributed by atoms with E-state index in [1.807, 2.05) is 61.7 Å². The van der Waals surface area contributed by atoms with Crippen LogP contribution in [0.15, 0.2) is 65.6 Å². The third kappa shape index (κ3) is 3.06. The molecule has 0 unspecified atom stereocenters. The highest BCUT2D eigenvalue weighted by Crippen LogP contribution is 2.35. The molecule has 0 atom stereocenters. The number of Topliss-reactive ketones (excluding diaryl/α,β-unsaturated/α-hetero) is 1. The molecule has 0 amide bonds. The number of carbonyl (C=O) groups is 1. The van der Waals surface area contributed by atoms with Gasteiger partial charge in [0.05, 0.1) is 16.8 Å². The largest absolute Gasteiger partial charge is 0.298 e. The SMILES string of the molecule is CC(=O)Cn1nc(-c2c(-c3ccccc3)nn3ccccc23)c(C)cc1=O. The van der Waals surface area contributed by atoms with E-state index < -0.39 is 0 Å². The Morgan fingerprint density at radius 2 is 1.74 bits per heavy atom. The standard InChI is InChI=1S/C21H18N4O2/c1-14-12-18(27)25(13-15(2)26)22-20(14)19-17-10-6-7-11-24(17)23-21(19)16-8-4-3-5-9-16/h3-12H,13H2,1-2H3. The summed E-state index contributed by atoms with van der Waals surface area (Å²) in [6.07, 6.45) is 1.88. The molecule has 0 saturated carbocycles. The molecule has 0 aliphatic carbocycles. The van der Waals surface area contributed by atoms with Crippen LogP contribution in [0.5, 0.6) is 0 Å². The molecule has 0 N–H and O–H groups in total. The highest BCUT2D eigenvalue weighted by molar-refractivity contribution is 5.91. The molecule has 4 rings (SSSR count). The first kappa shape index (κ1) is 16.9. The number of rotatable bonds is 4. The number of pyridine rings is 1. The van der Waals surface area contributed by atoms with Crippen LogP contribution in [-0.4, -0.2) is 25.2 Å². The average molecular weight is 358 g/mol. The van der Waals surface area contributed by atoms with Crippen LogP contribution in [0, 0.1) is 6.92 Å². The molecule has 6 nitrogen and oxygen atoms in total. The molecule has 0 aliphatic heterocycles. The minimum atomic E-state index is -0.288. The maximum atomic E-state index is 12.2. The number of fused-ring (bicyclic) bond motifs is 1. The van der Waals surface area contributed by atoms with Gasteiger partial charge in [-0.25, -0.2) is 9.20 Å². The summed E-state index contributed by atoms with van der Waals surface area (Å²) in [5, 5.41) is 9.26. The molecule has 0 aliphatic rings. The first-order chi connectivity index (χ1) is 13.0. The summed E-state index contributed by atoms with van der Waals surface area (Å²) in [6, 6.07) is 17.2. The van der Waals surface area contributed by atoms with Gasteiger partial charge in [0.15, 0.2) is 5.78 Å². The Labute approximate surface area is 155 Å². The lowest BCUT2D eigenvalue weighted by atomic mass is 10.0. The van der Waals surface area contributed by atoms with Crippen LogP contribution in [0.25, 0.3) is 28.0 Å². The molecule has 3 aromatic heterocycles. The van der Waals surface area contributed by atoms with E-state index in [4.69, 9.17) is 5.10 Å². The second-order valence-electron chi connectivity index (χ2n) is 6.49. The lowest BCUT2D eigenvalue weighted by molar-refractivity contribution is -0.117. The fraction of sp³-hybridized carbons (Fsp3) is 0.143. The number of carbonyl (C=O) groups excluding carboxylic acids is 1. The van der Waals surface area contributed by atoms with Crippen molar-refractivity contribution in [2.75, 3.05) is 0 Å². The second-order valence-corrected chi connectivity index (χ2v) is 6.49. The van der Waals surface area contributed by atoms with Crippen molar-refractivity contribution in [3.8, 4) is 22.5 Å². The van der Waals surface area contributed by atoms with Crippen molar-refractivity contribution in [3.05, 3.63) is 76.7 Å². The van der Waals surface area contributed by atoms with Crippen molar-refractivity contribution >= 4 is 11.3 Å². The fourth-order valence-corrected chi connectivity index (χ4v) is 3.18. The van der Waals surface area contributed by atoms with Gasteiger partial charge in [-0.05, 0) is 31.5 Å². The number of ketones is 1. The molecule has 3 heterocycles. The maximum Gasteiger partial charge on any atom is 0.267 e. The summed E-state index contributed by atoms with van der Waals surface area (Å²) in [5.74, 6) is -0.123. The average Bonchev–Trinajstić information content (AvgIpc) is 3.04. The molecule has 1 aromatic carbocycles. The van der Waals surface area contributed by atoms with E-state index in [1.165, 1.54) is 17.7 Å². The van der Waals surface area contributed by atoms with E-state index >= 15 is 0 Å². The van der Waals surface area contributed by atoms with Crippen LogP contribution in [0.1, 0.15) is 12.5 Å². The zero-order valence-electron chi connectivity index (χ0n) is 15.1. The molecular weight excluding hydrogens is 340 g/mol. The van der Waals surface area contributed by atoms with Gasteiger partial charge in [-0.1, -0.05) is 36.4 Å². The molecule has 27 heavy (non-hydrogen) atoms. The zero-order chi connectivity index (χ0) is 19.0. The van der Waals surface area contributed by atoms with Gasteiger partial charge >= 0.3 is 0 Å². The summed E-state index contributed by atoms with van der Waals surface area (Å²) in [4.78, 5) is 23.8. The van der Waals surface area contributed by atoms with E-state index in [-0.39, 0.29) is 17.9 Å². The molecule has 0 bridgehead atoms. The van der Waals surface area contributed by atoms with Gasteiger partial charge in [-0.2, -0.15) is 10.2 Å². The maximum absolute atomic E-state index is 12.2. The van der Waals surface area contributed by atoms with E-state index in [0.717, 1.165) is 27.9 Å². The van der Waals surface area contributed by atoms with Gasteiger partial charge < -0.3 is 0 Å². The Hall–Kier alpha value is -3.54. The van der Waals surface area contributed by atoms with Crippen molar-refractivity contribution in [2.45, 2.75) is 20.4 Å². The Kier molecular flexibility index (Phi) is 4.16. The molecule has 4 aromatic rings. The van der Waals surface area contributed by atoms with Crippen LogP contribution >= 0.6 is 0 Å². The Bertz CT molecular complexity index is 1210. The van der Waals surface area contributed by atoms with Gasteiger partial charge in [0.1, 0.15) is 12.2 Å². The number of aryl methyl sites for hydroxylation is 1. The van der Waals surface area contributed by atoms with Gasteiger partial charge in [-0.3, -0.25) is 9.59 Å². The van der Waals surface area contributed by atoms with E-state index in [9.17, 15) is 9.59 Å². The Balaban J connectivity index is 2.04. The number of nitrogens with zero attached hydrogens (tertiary/aromatic N) is 4. The number of aromatic nitrogens is 4. The Morgan fingerprint density at radius 3 is 2.48 bits per heavy atom. The number of benzene rings is 1. The normalized spacial score (nSPS) is 11.0. The third-order valence-electron chi connectivity index (χ3n) is 4.39. The van der Waals surface area contributed by atoms with Gasteiger partial charge in [0, 0.05) is 17.8 Å². The second kappa shape index (κ2) is 6.64. The van der Waals surface area contributed by atoms with Gasteiger partial charge in [0.25, 0.3) is 5.56 Å². The van der Waals surface area contributed by atoms with Crippen molar-refractivity contribution in [3.63, 3.8) is 0 Å². The minimum Gasteiger partial charge on any atom is -0.298 e. The summed E-state index contributed by atoms with van der Waals surface area (Å²) < 4.78 is 3.02. The molecule has 0 radical (unpaired) electrons. The summed E-state index contributed by atoms with van der Waals surface area (Å²) in [7, 11) is 0. The van der Waals surface area contributed by atoms with Crippen LogP contribution in [0.4, 0.5) is 0 Å². The molecule has 0 spiro atoms. The first-order valence-electron chi connectivity index (χ1n) is 8.66. The van der Waals surface area contributed by atoms with Crippen molar-refractivity contribution in [1.82, 2.24) is 19.4 Å². The molecule has 134 valence electrons. The lowest BCUT2D eigenvalue weighted by Gasteiger charge is -2.10. The van der Waals surface area contributed by atoms with Crippen LogP contribution in [-0.2, 0) is 11.3 Å². The molecule has 6 heteroatoms. The lowest BCUT2D eigenvalue weighted by Crippen LogP contribution is -2.26. The third-order valence-corrected chi connectivity index (χ3v) is 4.39. The summed E-state index contributed by atoms with van der Waals surface area (Å²) >= 11 is 0. The Morgan fingerprint density at radius 1 is 1.00 bits per heavy atom. The van der Waals surface area contributed by atoms with Crippen LogP contribution < -0.4 is 5.56 Å². The monoisotopic (exact) mass is 358 g/mol. The first-order valence-corrected chi connectivity index (χ1v) is 8.66. The van der Waals surface area contributed by atoms with Crippen molar-refractivity contribution in [2.24, 2.45) is 0 Å². The predicted molar refractivity (Wildman–Crippen MR) is 104 cm³/mol. The predicted octanol–water partition coefficient (Wildman–Crippen LogP) is 3.12. The molecule has 0 saturated heterocycles. The van der Waals surface area contributed by atoms with Gasteiger partial charge in [0.2, 0.25) is 0 Å². The summed E-state index contributed by atoms with van der Waals surface area (Å²) in [6.45, 7) is 3.24. The molecule has 0 fully saturated rings. The molecular formula is C21H18N4O2. The topological polar surface area (TPSA) is 69.3 Å². The smallest absolute Gasteiger partial charge is 0.267 e. The highest BCUT2D eigenvalue weighted by atomic mass is 16.1. The van der Waals surface area contributed by atoms with Crippen LogP contribution in [0.2, 0.25) is 0 Å². The van der Waals surface area contributed by atoms with E-state index in [1.54, 1.807) is 4.52 Å². The number of hydrogen-bond acceptors (Lipinski definition) is 4. The zero-order valence-corrected chi connectivity index (χ0v) is 15.1.